The maximum absolute atomic E-state index is 14.6. The molecule has 0 radical (unpaired) electrons. The summed E-state index contributed by atoms with van der Waals surface area (Å²) in [4.78, 5) is 58.7. The predicted molar refractivity (Wildman–Crippen MR) is 179 cm³/mol. The number of amides is 3. The van der Waals surface area contributed by atoms with Gasteiger partial charge in [0.15, 0.2) is 0 Å². The summed E-state index contributed by atoms with van der Waals surface area (Å²) in [7, 11) is 1.56. The quantitative estimate of drug-likeness (QED) is 0.149. The van der Waals surface area contributed by atoms with E-state index in [9.17, 15) is 24.3 Å². The van der Waals surface area contributed by atoms with Crippen LogP contribution in [0.3, 0.4) is 0 Å². The van der Waals surface area contributed by atoms with Gasteiger partial charge < -0.3 is 34.4 Å². The number of carbonyl (C=O) groups is 4. The second-order valence-electron chi connectivity index (χ2n) is 12.4. The van der Waals surface area contributed by atoms with E-state index in [0.717, 1.165) is 5.56 Å². The highest BCUT2D eigenvalue weighted by Crippen LogP contribution is 2.58. The van der Waals surface area contributed by atoms with Crippen LogP contribution in [-0.2, 0) is 28.7 Å². The molecule has 3 aliphatic heterocycles. The van der Waals surface area contributed by atoms with E-state index in [1.807, 2.05) is 30.3 Å². The molecule has 3 fully saturated rings. The van der Waals surface area contributed by atoms with Gasteiger partial charge in [-0.1, -0.05) is 42.5 Å². The average Bonchev–Trinajstić information content (AvgIpc) is 3.75. The second-order valence-corrected chi connectivity index (χ2v) is 12.4. The number of rotatable bonds is 17. The van der Waals surface area contributed by atoms with Crippen molar-refractivity contribution >= 4 is 29.4 Å². The van der Waals surface area contributed by atoms with E-state index < -0.39 is 47.5 Å². The summed E-state index contributed by atoms with van der Waals surface area (Å²) in [5.41, 5.74) is 0.154. The third kappa shape index (κ3) is 6.88. The molecule has 256 valence electrons. The molecule has 11 nitrogen and oxygen atoms in total. The van der Waals surface area contributed by atoms with Crippen molar-refractivity contribution in [1.82, 2.24) is 10.2 Å². The van der Waals surface area contributed by atoms with Gasteiger partial charge >= 0.3 is 5.97 Å². The van der Waals surface area contributed by atoms with Gasteiger partial charge in [0.2, 0.25) is 11.8 Å². The van der Waals surface area contributed by atoms with Crippen LogP contribution in [-0.4, -0.2) is 84.9 Å². The van der Waals surface area contributed by atoms with E-state index in [-0.39, 0.29) is 44.5 Å². The number of methoxy groups -OCH3 is 1. The van der Waals surface area contributed by atoms with Crippen molar-refractivity contribution in [2.45, 2.75) is 62.3 Å². The first kappa shape index (κ1) is 34.8. The van der Waals surface area contributed by atoms with Crippen LogP contribution in [0.15, 0.2) is 79.9 Å². The first-order valence-electron chi connectivity index (χ1n) is 16.6. The zero-order chi connectivity index (χ0) is 34.3. The number of aliphatic hydroxyl groups excluding tert-OH is 1. The minimum atomic E-state index is -1.20. The van der Waals surface area contributed by atoms with Crippen LogP contribution in [0, 0.1) is 11.8 Å². The SMILES string of the molecule is C=CCCC(=O)OC[C@@H](NC(=O)[C@@H]1[C@@H]2CC[C@]3(O2)[C@H](C(=O)N(CC=C)c2ccc(OC)cc2)N(CCCCO)C(=O)[C@@H]13)c1ccccc1. The molecule has 11 heteroatoms. The van der Waals surface area contributed by atoms with E-state index in [4.69, 9.17) is 14.2 Å². The monoisotopic (exact) mass is 659 g/mol. The largest absolute Gasteiger partial charge is 0.497 e. The highest BCUT2D eigenvalue weighted by molar-refractivity contribution is 6.05. The number of nitrogens with zero attached hydrogens (tertiary/aromatic N) is 2. The van der Waals surface area contributed by atoms with E-state index in [1.165, 1.54) is 0 Å². The fourth-order valence-corrected chi connectivity index (χ4v) is 7.37. The molecule has 0 aromatic heterocycles. The summed E-state index contributed by atoms with van der Waals surface area (Å²) < 4.78 is 17.5. The summed E-state index contributed by atoms with van der Waals surface area (Å²) in [6.45, 7) is 7.79. The number of unbranched alkanes of at least 4 members (excludes halogenated alkanes) is 1. The molecule has 3 amide bonds. The van der Waals surface area contributed by atoms with Gasteiger partial charge in [-0.15, -0.1) is 13.2 Å². The molecule has 2 aromatic rings. The summed E-state index contributed by atoms with van der Waals surface area (Å²) in [6, 6.07) is 14.6. The first-order chi connectivity index (χ1) is 23.3. The predicted octanol–water partition coefficient (Wildman–Crippen LogP) is 3.73. The number of hydrogen-bond acceptors (Lipinski definition) is 8. The first-order valence-corrected chi connectivity index (χ1v) is 16.6. The number of esters is 1. The molecule has 6 atom stereocenters. The molecule has 0 saturated carbocycles. The van der Waals surface area contributed by atoms with Crippen molar-refractivity contribution in [3.63, 3.8) is 0 Å². The fraction of sp³-hybridized carbons (Fsp3) is 0.459. The number of fused-ring (bicyclic) bond motifs is 1. The lowest BCUT2D eigenvalue weighted by Gasteiger charge is -2.37. The van der Waals surface area contributed by atoms with Gasteiger partial charge in [-0.3, -0.25) is 19.2 Å². The number of likely N-dealkylation sites (tertiary alicyclic amines) is 1. The van der Waals surface area contributed by atoms with E-state index in [1.54, 1.807) is 53.3 Å². The van der Waals surface area contributed by atoms with Crippen LogP contribution in [0.5, 0.6) is 5.75 Å². The van der Waals surface area contributed by atoms with Crippen molar-refractivity contribution < 1.29 is 38.5 Å². The summed E-state index contributed by atoms with van der Waals surface area (Å²) in [6.07, 6.45) is 5.24. The zero-order valence-electron chi connectivity index (χ0n) is 27.4. The van der Waals surface area contributed by atoms with E-state index in [0.29, 0.717) is 43.5 Å². The number of ether oxygens (including phenoxy) is 3. The molecule has 3 aliphatic rings. The second kappa shape index (κ2) is 15.6. The van der Waals surface area contributed by atoms with Crippen LogP contribution >= 0.6 is 0 Å². The third-order valence-electron chi connectivity index (χ3n) is 9.59. The Hall–Kier alpha value is -4.48. The molecule has 2 aromatic carbocycles. The van der Waals surface area contributed by atoms with E-state index in [2.05, 4.69) is 18.5 Å². The van der Waals surface area contributed by atoms with Crippen LogP contribution < -0.4 is 15.0 Å². The van der Waals surface area contributed by atoms with Gasteiger partial charge in [-0.2, -0.15) is 0 Å². The summed E-state index contributed by atoms with van der Waals surface area (Å²) >= 11 is 0. The Morgan fingerprint density at radius 2 is 1.88 bits per heavy atom. The summed E-state index contributed by atoms with van der Waals surface area (Å²) in [5.74, 6) is -2.52. The molecule has 3 saturated heterocycles. The smallest absolute Gasteiger partial charge is 0.306 e. The fourth-order valence-electron chi connectivity index (χ4n) is 7.37. The van der Waals surface area contributed by atoms with Crippen LogP contribution in [0.25, 0.3) is 0 Å². The van der Waals surface area contributed by atoms with Gasteiger partial charge in [-0.05, 0) is 61.9 Å². The lowest BCUT2D eigenvalue weighted by atomic mass is 9.70. The van der Waals surface area contributed by atoms with Crippen LogP contribution in [0.1, 0.15) is 50.1 Å². The molecule has 5 rings (SSSR count). The Bertz CT molecular complexity index is 1480. The van der Waals surface area contributed by atoms with Crippen LogP contribution in [0.4, 0.5) is 5.69 Å². The number of benzene rings is 2. The Balaban J connectivity index is 1.44. The maximum Gasteiger partial charge on any atom is 0.306 e. The lowest BCUT2D eigenvalue weighted by Crippen LogP contribution is -2.56. The number of anilines is 1. The van der Waals surface area contributed by atoms with E-state index >= 15 is 0 Å². The van der Waals surface area contributed by atoms with Gasteiger partial charge in [-0.25, -0.2) is 0 Å². The molecule has 48 heavy (non-hydrogen) atoms. The van der Waals surface area contributed by atoms with Crippen molar-refractivity contribution in [1.29, 1.82) is 0 Å². The van der Waals surface area contributed by atoms with Crippen molar-refractivity contribution in [2.24, 2.45) is 11.8 Å². The topological polar surface area (TPSA) is 135 Å². The molecule has 0 aliphatic carbocycles. The lowest BCUT2D eigenvalue weighted by molar-refractivity contribution is -0.146. The average molecular weight is 660 g/mol. The number of carbonyl (C=O) groups excluding carboxylic acids is 4. The molecule has 1 spiro atoms. The van der Waals surface area contributed by atoms with Crippen molar-refractivity contribution in [2.75, 3.05) is 38.3 Å². The van der Waals surface area contributed by atoms with Gasteiger partial charge in [0.25, 0.3) is 5.91 Å². The van der Waals surface area contributed by atoms with Crippen molar-refractivity contribution in [3.05, 3.63) is 85.5 Å². The molecule has 3 heterocycles. The zero-order valence-corrected chi connectivity index (χ0v) is 27.4. The normalized spacial score (nSPS) is 24.5. The van der Waals surface area contributed by atoms with Gasteiger partial charge in [0, 0.05) is 31.8 Å². The Labute approximate surface area is 281 Å². The van der Waals surface area contributed by atoms with Crippen molar-refractivity contribution in [3.8, 4) is 5.75 Å². The molecule has 2 bridgehead atoms. The van der Waals surface area contributed by atoms with Crippen LogP contribution in [0.2, 0.25) is 0 Å². The standard InChI is InChI=1S/C37H45N3O8/c1-4-6-14-30(42)47-24-28(25-12-8-7-9-13-25)38-34(43)31-29-19-20-37(48-29)32(31)35(44)40(22-10-11-23-41)33(37)36(45)39(21-5-2)26-15-17-27(46-3)18-16-26/h4-5,7-9,12-13,15-18,28-29,31-33,41H,1-2,6,10-11,14,19-24H2,3H3,(H,38,43)/t28-,29+,31-,32-,33+,37-/m1/s1. The number of nitrogens with one attached hydrogen (secondary N) is 1. The number of allylic oxidation sites excluding steroid dienone is 1. The molecular formula is C37H45N3O8. The molecular weight excluding hydrogens is 614 g/mol. The number of hydrogen-bond donors (Lipinski definition) is 2. The highest BCUT2D eigenvalue weighted by atomic mass is 16.5. The highest BCUT2D eigenvalue weighted by Gasteiger charge is 2.74. The van der Waals surface area contributed by atoms with Gasteiger partial charge in [0.1, 0.15) is 24.0 Å². The minimum absolute atomic E-state index is 0.0493. The minimum Gasteiger partial charge on any atom is -0.497 e. The summed E-state index contributed by atoms with van der Waals surface area (Å²) in [5, 5.41) is 12.5. The number of aliphatic hydroxyl groups is 1. The Kier molecular flexibility index (Phi) is 11.3. The maximum atomic E-state index is 14.6. The van der Waals surface area contributed by atoms with Gasteiger partial charge in [0.05, 0.1) is 31.1 Å². The Morgan fingerprint density at radius 1 is 1.12 bits per heavy atom. The third-order valence-corrected chi connectivity index (χ3v) is 9.59. The molecule has 0 unspecified atom stereocenters. The Morgan fingerprint density at radius 3 is 2.54 bits per heavy atom. The molecule has 2 N–H and O–H groups in total.